The molecule has 14 heavy (non-hydrogen) atoms. The van der Waals surface area contributed by atoms with Crippen molar-refractivity contribution in [1.82, 2.24) is 4.98 Å². The Balaban J connectivity index is 2.81. The van der Waals surface area contributed by atoms with Gasteiger partial charge in [0.05, 0.1) is 18.3 Å². The maximum atomic E-state index is 10.6. The maximum Gasteiger partial charge on any atom is 0.166 e. The molecule has 0 aliphatic rings. The van der Waals surface area contributed by atoms with Gasteiger partial charge in [0, 0.05) is 5.39 Å². The summed E-state index contributed by atoms with van der Waals surface area (Å²) in [4.78, 5) is 13.7. The van der Waals surface area contributed by atoms with Crippen LogP contribution < -0.4 is 4.74 Å². The highest BCUT2D eigenvalue weighted by Crippen LogP contribution is 2.28. The Hall–Kier alpha value is -1.77. The number of rotatable bonds is 2. The summed E-state index contributed by atoms with van der Waals surface area (Å²) in [6.45, 7) is 1.99. The fraction of sp³-hybridized carbons (Fsp3) is 0.182. The first kappa shape index (κ1) is 8.81. The van der Waals surface area contributed by atoms with Gasteiger partial charge in [0.1, 0.15) is 5.75 Å². The van der Waals surface area contributed by atoms with Crippen LogP contribution in [-0.2, 0) is 0 Å². The van der Waals surface area contributed by atoms with Gasteiger partial charge in [-0.3, -0.25) is 4.79 Å². The second kappa shape index (κ2) is 3.18. The molecule has 2 rings (SSSR count). The van der Waals surface area contributed by atoms with E-state index in [1.54, 1.807) is 13.2 Å². The van der Waals surface area contributed by atoms with Crippen LogP contribution in [0, 0.1) is 6.92 Å². The van der Waals surface area contributed by atoms with E-state index in [0.717, 1.165) is 28.5 Å². The van der Waals surface area contributed by atoms with E-state index in [4.69, 9.17) is 4.74 Å². The summed E-state index contributed by atoms with van der Waals surface area (Å²) in [5.41, 5.74) is 2.65. The molecule has 3 nitrogen and oxygen atoms in total. The summed E-state index contributed by atoms with van der Waals surface area (Å²) in [6, 6.07) is 5.67. The van der Waals surface area contributed by atoms with Crippen LogP contribution in [0.25, 0.3) is 10.9 Å². The lowest BCUT2D eigenvalue weighted by atomic mass is 10.1. The molecule has 0 atom stereocenters. The van der Waals surface area contributed by atoms with Crippen molar-refractivity contribution in [2.45, 2.75) is 6.92 Å². The Labute approximate surface area is 81.7 Å². The summed E-state index contributed by atoms with van der Waals surface area (Å²) < 4.78 is 5.20. The van der Waals surface area contributed by atoms with Gasteiger partial charge in [0.15, 0.2) is 6.29 Å². The van der Waals surface area contributed by atoms with Gasteiger partial charge >= 0.3 is 0 Å². The highest BCUT2D eigenvalue weighted by molar-refractivity contribution is 5.93. The fourth-order valence-electron chi connectivity index (χ4n) is 1.60. The quantitative estimate of drug-likeness (QED) is 0.736. The van der Waals surface area contributed by atoms with Crippen LogP contribution in [0.15, 0.2) is 18.2 Å². The number of carbonyl (C=O) groups is 1. The Morgan fingerprint density at radius 1 is 1.43 bits per heavy atom. The average Bonchev–Trinajstić information content (AvgIpc) is 2.63. The lowest BCUT2D eigenvalue weighted by Crippen LogP contribution is -1.84. The predicted molar refractivity (Wildman–Crippen MR) is 55.0 cm³/mol. The summed E-state index contributed by atoms with van der Waals surface area (Å²) >= 11 is 0. The molecule has 0 fully saturated rings. The van der Waals surface area contributed by atoms with Gasteiger partial charge in [0.2, 0.25) is 0 Å². The number of fused-ring (bicyclic) bond motifs is 1. The minimum atomic E-state index is 0.576. The zero-order valence-corrected chi connectivity index (χ0v) is 8.13. The number of aromatic nitrogens is 1. The number of aromatic amines is 1. The van der Waals surface area contributed by atoms with Gasteiger partial charge in [0.25, 0.3) is 0 Å². The highest BCUT2D eigenvalue weighted by Gasteiger charge is 2.07. The molecule has 0 aliphatic carbocycles. The van der Waals surface area contributed by atoms with E-state index in [9.17, 15) is 4.79 Å². The van der Waals surface area contributed by atoms with E-state index >= 15 is 0 Å². The van der Waals surface area contributed by atoms with E-state index in [2.05, 4.69) is 4.98 Å². The minimum absolute atomic E-state index is 0.576. The number of H-pyrrole nitrogens is 1. The number of benzene rings is 1. The topological polar surface area (TPSA) is 42.1 Å². The molecule has 0 saturated carbocycles. The van der Waals surface area contributed by atoms with Crippen LogP contribution in [0.4, 0.5) is 0 Å². The summed E-state index contributed by atoms with van der Waals surface area (Å²) in [7, 11) is 1.62. The molecule has 1 N–H and O–H groups in total. The molecular weight excluding hydrogens is 178 g/mol. The van der Waals surface area contributed by atoms with Crippen LogP contribution in [0.1, 0.15) is 16.1 Å². The first-order chi connectivity index (χ1) is 6.76. The monoisotopic (exact) mass is 189 g/mol. The third kappa shape index (κ3) is 1.18. The van der Waals surface area contributed by atoms with Crippen molar-refractivity contribution < 1.29 is 9.53 Å². The van der Waals surface area contributed by atoms with Crippen molar-refractivity contribution in [2.75, 3.05) is 7.11 Å². The first-order valence-electron chi connectivity index (χ1n) is 4.37. The van der Waals surface area contributed by atoms with E-state index in [-0.39, 0.29) is 0 Å². The molecule has 0 saturated heterocycles. The minimum Gasteiger partial charge on any atom is -0.496 e. The fourth-order valence-corrected chi connectivity index (χ4v) is 1.60. The number of nitrogens with one attached hydrogen (secondary N) is 1. The molecular formula is C11H11NO2. The van der Waals surface area contributed by atoms with Crippen molar-refractivity contribution >= 4 is 17.2 Å². The lowest BCUT2D eigenvalue weighted by molar-refractivity contribution is 0.112. The highest BCUT2D eigenvalue weighted by atomic mass is 16.5. The van der Waals surface area contributed by atoms with Gasteiger partial charge in [-0.25, -0.2) is 0 Å². The molecule has 1 heterocycles. The SMILES string of the molecule is COc1ccc(C)c2[nH]c(C=O)cc12. The van der Waals surface area contributed by atoms with Crippen LogP contribution in [-0.4, -0.2) is 18.4 Å². The number of hydrogen-bond acceptors (Lipinski definition) is 2. The van der Waals surface area contributed by atoms with Gasteiger partial charge in [-0.1, -0.05) is 6.07 Å². The standard InChI is InChI=1S/C11H11NO2/c1-7-3-4-10(14-2)9-5-8(6-13)12-11(7)9/h3-6,12H,1-2H3. The molecule has 1 aromatic heterocycles. The van der Waals surface area contributed by atoms with E-state index < -0.39 is 0 Å². The zero-order valence-electron chi connectivity index (χ0n) is 8.13. The maximum absolute atomic E-state index is 10.6. The molecule has 0 spiro atoms. The van der Waals surface area contributed by atoms with Gasteiger partial charge < -0.3 is 9.72 Å². The summed E-state index contributed by atoms with van der Waals surface area (Å²) in [5.74, 6) is 0.787. The van der Waals surface area contributed by atoms with Crippen molar-refractivity contribution in [1.29, 1.82) is 0 Å². The van der Waals surface area contributed by atoms with Crippen molar-refractivity contribution in [3.63, 3.8) is 0 Å². The molecule has 3 heteroatoms. The molecule has 0 aliphatic heterocycles. The number of carbonyl (C=O) groups excluding carboxylic acids is 1. The number of hydrogen-bond donors (Lipinski definition) is 1. The number of aldehydes is 1. The zero-order chi connectivity index (χ0) is 10.1. The van der Waals surface area contributed by atoms with Gasteiger partial charge in [-0.05, 0) is 24.6 Å². The molecule has 2 aromatic rings. The summed E-state index contributed by atoms with van der Waals surface area (Å²) in [6.07, 6.45) is 0.804. The largest absolute Gasteiger partial charge is 0.496 e. The summed E-state index contributed by atoms with van der Waals surface area (Å²) in [5, 5.41) is 0.953. The Kier molecular flexibility index (Phi) is 2.00. The average molecular weight is 189 g/mol. The Morgan fingerprint density at radius 3 is 2.86 bits per heavy atom. The molecule has 0 radical (unpaired) electrons. The van der Waals surface area contributed by atoms with E-state index in [1.165, 1.54) is 0 Å². The molecule has 72 valence electrons. The Bertz CT molecular complexity index is 485. The lowest BCUT2D eigenvalue weighted by Gasteiger charge is -2.02. The number of ether oxygens (including phenoxy) is 1. The van der Waals surface area contributed by atoms with Gasteiger partial charge in [-0.15, -0.1) is 0 Å². The van der Waals surface area contributed by atoms with Crippen LogP contribution in [0.2, 0.25) is 0 Å². The van der Waals surface area contributed by atoms with E-state index in [1.807, 2.05) is 19.1 Å². The third-order valence-electron chi connectivity index (χ3n) is 2.33. The first-order valence-corrected chi connectivity index (χ1v) is 4.37. The third-order valence-corrected chi connectivity index (χ3v) is 2.33. The Morgan fingerprint density at radius 2 is 2.21 bits per heavy atom. The molecule has 1 aromatic carbocycles. The smallest absolute Gasteiger partial charge is 0.166 e. The number of methoxy groups -OCH3 is 1. The van der Waals surface area contributed by atoms with Crippen molar-refractivity contribution in [3.05, 3.63) is 29.5 Å². The van der Waals surface area contributed by atoms with Crippen molar-refractivity contribution in [3.8, 4) is 5.75 Å². The second-order valence-electron chi connectivity index (χ2n) is 3.22. The predicted octanol–water partition coefficient (Wildman–Crippen LogP) is 2.30. The number of aryl methyl sites for hydroxylation is 1. The van der Waals surface area contributed by atoms with Crippen LogP contribution in [0.5, 0.6) is 5.75 Å². The van der Waals surface area contributed by atoms with Crippen LogP contribution >= 0.6 is 0 Å². The van der Waals surface area contributed by atoms with Crippen molar-refractivity contribution in [2.24, 2.45) is 0 Å². The molecule has 0 unspecified atom stereocenters. The normalized spacial score (nSPS) is 10.4. The molecule has 0 bridgehead atoms. The van der Waals surface area contributed by atoms with Crippen LogP contribution in [0.3, 0.4) is 0 Å². The van der Waals surface area contributed by atoms with E-state index in [0.29, 0.717) is 5.69 Å². The second-order valence-corrected chi connectivity index (χ2v) is 3.22. The van der Waals surface area contributed by atoms with Gasteiger partial charge in [-0.2, -0.15) is 0 Å². The molecule has 0 amide bonds.